The van der Waals surface area contributed by atoms with E-state index in [2.05, 4.69) is 43.4 Å². The molecule has 4 aromatic rings. The van der Waals surface area contributed by atoms with Crippen LogP contribution in [0.4, 0.5) is 28.4 Å². The number of azo groups is 2. The first-order chi connectivity index (χ1) is 28.9. The van der Waals surface area contributed by atoms with Crippen LogP contribution in [-0.2, 0) is 67.3 Å². The van der Waals surface area contributed by atoms with Gasteiger partial charge >= 0.3 is 16.4 Å². The number of nitrogens with two attached hydrogens (primary N) is 1. The molecule has 0 amide bonds. The maximum atomic E-state index is 13.0. The van der Waals surface area contributed by atoms with Crippen LogP contribution in [0.15, 0.2) is 82.5 Å². The molecule has 0 unspecified atom stereocenters. The summed E-state index contributed by atoms with van der Waals surface area (Å²) in [6.07, 6.45) is 0. The smallest absolute Gasteiger partial charge is 0.397 e. The number of anilines is 1. The number of aromatic carboxylic acids is 1. The highest BCUT2D eigenvalue weighted by Crippen LogP contribution is 2.50. The van der Waals surface area contributed by atoms with Crippen molar-refractivity contribution in [2.75, 3.05) is 37.6 Å². The number of sulfone groups is 2. The van der Waals surface area contributed by atoms with E-state index in [-0.39, 0.29) is 56.5 Å². The van der Waals surface area contributed by atoms with Gasteiger partial charge in [-0.1, -0.05) is 10.1 Å². The van der Waals surface area contributed by atoms with Crippen molar-refractivity contribution in [2.45, 2.75) is 26.5 Å². The molecule has 0 heterocycles. The van der Waals surface area contributed by atoms with E-state index in [0.29, 0.717) is 6.07 Å². The third kappa shape index (κ3) is 12.5. The van der Waals surface area contributed by atoms with Crippen molar-refractivity contribution >= 4 is 110 Å². The molecule has 0 aliphatic rings. The number of carbonyl (C=O) groups is 1. The topological polar surface area (TPSA) is 415 Å². The molecule has 62 heavy (non-hydrogen) atoms. The lowest BCUT2D eigenvalue weighted by Crippen LogP contribution is -2.15. The molecule has 27 nitrogen and oxygen atoms in total. The van der Waals surface area contributed by atoms with Crippen LogP contribution in [0.3, 0.4) is 0 Å². The number of aryl methyl sites for hydroxylation is 1. The fourth-order valence-electron chi connectivity index (χ4n) is 5.12. The lowest BCUT2D eigenvalue weighted by Gasteiger charge is -2.14. The van der Waals surface area contributed by atoms with Crippen LogP contribution in [0.1, 0.15) is 15.9 Å². The van der Waals surface area contributed by atoms with Gasteiger partial charge in [0.05, 0.1) is 75.2 Å². The minimum absolute atomic E-state index is 0.118. The maximum absolute atomic E-state index is 13.0. The van der Waals surface area contributed by atoms with Crippen molar-refractivity contribution in [3.05, 3.63) is 53.6 Å². The molecular weight excluding hydrogens is 963 g/mol. The third-order valence-corrected chi connectivity index (χ3v) is 13.6. The number of methoxy groups -OCH3 is 1. The highest BCUT2D eigenvalue weighted by atomic mass is 32.3. The summed E-state index contributed by atoms with van der Waals surface area (Å²) in [5.74, 6) is -4.34. The summed E-state index contributed by atoms with van der Waals surface area (Å²) in [6, 6.07) is 6.41. The Hall–Kier alpha value is -4.69. The molecule has 0 spiro atoms. The minimum Gasteiger partial charge on any atom is -0.505 e. The van der Waals surface area contributed by atoms with Gasteiger partial charge in [0.1, 0.15) is 33.4 Å². The number of hydrogen-bond acceptors (Lipinski definition) is 26. The Morgan fingerprint density at radius 3 is 2.05 bits per heavy atom. The van der Waals surface area contributed by atoms with E-state index < -0.39 is 120 Å². The van der Waals surface area contributed by atoms with Crippen molar-refractivity contribution in [3.63, 3.8) is 0 Å². The molecular formula is C29H29N5O22S6. The van der Waals surface area contributed by atoms with E-state index in [1.54, 1.807) is 0 Å². The molecule has 0 bridgehead atoms. The van der Waals surface area contributed by atoms with E-state index in [9.17, 15) is 53.2 Å². The lowest BCUT2D eigenvalue weighted by molar-refractivity contribution is -0.434. The molecule has 0 aliphatic heterocycles. The molecule has 4 aromatic carbocycles. The number of benzene rings is 4. The molecule has 0 fully saturated rings. The second-order valence-corrected chi connectivity index (χ2v) is 19.5. The Morgan fingerprint density at radius 2 is 1.44 bits per heavy atom. The molecule has 0 aliphatic carbocycles. The van der Waals surface area contributed by atoms with E-state index >= 15 is 0 Å². The number of hydrogen-bond donors (Lipinski definition) is 7. The van der Waals surface area contributed by atoms with Crippen LogP contribution in [0.5, 0.6) is 11.5 Å². The predicted molar refractivity (Wildman–Crippen MR) is 210 cm³/mol. The SMILES string of the molecule is COc1cc(S(=O)(=O)CCOSOOO)c(C)cc1N=Nc1c(SOOO)cc2cc(S(=O)(=O)O)c(N=Nc3cc(S(=O)(=O)CCOS(=O)(=O)O)ccc3C(=O)O)c(N)c2c1O. The largest absolute Gasteiger partial charge is 0.505 e. The van der Waals surface area contributed by atoms with Crippen LogP contribution in [0.25, 0.3) is 10.8 Å². The van der Waals surface area contributed by atoms with Crippen molar-refractivity contribution < 1.29 is 100 Å². The molecule has 8 N–H and O–H groups in total. The third-order valence-electron chi connectivity index (χ3n) is 7.76. The zero-order chi connectivity index (χ0) is 46.2. The van der Waals surface area contributed by atoms with Crippen molar-refractivity contribution in [2.24, 2.45) is 20.5 Å². The first-order valence-electron chi connectivity index (χ1n) is 15.9. The number of fused-ring (bicyclic) bond motifs is 1. The summed E-state index contributed by atoms with van der Waals surface area (Å²) in [5.41, 5.74) is 2.68. The van der Waals surface area contributed by atoms with Crippen LogP contribution < -0.4 is 10.5 Å². The first-order valence-corrected chi connectivity index (χ1v) is 23.4. The highest BCUT2D eigenvalue weighted by Gasteiger charge is 2.27. The lowest BCUT2D eigenvalue weighted by atomic mass is 10.1. The highest BCUT2D eigenvalue weighted by molar-refractivity contribution is 7.94. The number of nitrogens with zero attached hydrogens (tertiary/aromatic N) is 4. The Kier molecular flexibility index (Phi) is 16.6. The number of carboxylic acid groups (broad SMARTS) is 1. The Labute approximate surface area is 357 Å². The fourth-order valence-corrected chi connectivity index (χ4v) is 9.47. The number of ether oxygens (including phenoxy) is 1. The number of nitrogen functional groups attached to an aromatic ring is 1. The summed E-state index contributed by atoms with van der Waals surface area (Å²) in [5, 5.41) is 60.0. The predicted octanol–water partition coefficient (Wildman–Crippen LogP) is 5.02. The first kappa shape index (κ1) is 50.0. The van der Waals surface area contributed by atoms with Crippen molar-refractivity contribution in [3.8, 4) is 11.5 Å². The van der Waals surface area contributed by atoms with Gasteiger partial charge in [0, 0.05) is 6.07 Å². The monoisotopic (exact) mass is 991 g/mol. The molecule has 0 saturated carbocycles. The quantitative estimate of drug-likeness (QED) is 0.0103. The average Bonchev–Trinajstić information content (AvgIpc) is 3.17. The molecule has 4 rings (SSSR count). The average molecular weight is 992 g/mol. The standard InChI is InChI=1S/C29H29N5O22S6/c1-14-9-19(20(50-2)13-22(14)60(42,43)7-5-51-58-56-54-39)32-33-26-21(57-55-53-38)10-15-11-23(61(44,45)46)27(25(30)24(15)28(26)35)34-31-18-12-16(3-4-17(18)29(36)37)59(40,41)8-6-52-62(47,48)49/h3-4,9-13,35,38-39H,5-8,30H2,1-2H3,(H,36,37)(H,44,45,46)(H,47,48,49). The van der Waals surface area contributed by atoms with E-state index in [4.69, 9.17) is 29.7 Å². The second-order valence-electron chi connectivity index (χ2n) is 11.6. The van der Waals surface area contributed by atoms with Gasteiger partial charge < -0.3 is 20.7 Å². The summed E-state index contributed by atoms with van der Waals surface area (Å²) in [7, 11) is -17.7. The molecule has 338 valence electrons. The van der Waals surface area contributed by atoms with E-state index in [1.165, 1.54) is 20.1 Å². The van der Waals surface area contributed by atoms with Gasteiger partial charge in [0.15, 0.2) is 37.7 Å². The van der Waals surface area contributed by atoms with Crippen molar-refractivity contribution in [1.29, 1.82) is 0 Å². The van der Waals surface area contributed by atoms with Gasteiger partial charge in [-0.25, -0.2) is 36.3 Å². The molecule has 0 aromatic heterocycles. The number of phenols is 1. The van der Waals surface area contributed by atoms with Gasteiger partial charge in [-0.05, 0) is 54.3 Å². The number of rotatable bonds is 22. The fraction of sp³-hybridized carbons (Fsp3) is 0.207. The molecule has 33 heteroatoms. The van der Waals surface area contributed by atoms with Gasteiger partial charge in [-0.2, -0.15) is 16.8 Å². The van der Waals surface area contributed by atoms with Crippen molar-refractivity contribution in [1.82, 2.24) is 0 Å². The maximum Gasteiger partial charge on any atom is 0.397 e. The van der Waals surface area contributed by atoms with Gasteiger partial charge in [-0.3, -0.25) is 13.3 Å². The normalized spacial score (nSPS) is 12.8. The minimum atomic E-state index is -5.31. The number of carboxylic acids is 1. The van der Waals surface area contributed by atoms with Crippen LogP contribution in [0, 0.1) is 6.92 Å². The second kappa shape index (κ2) is 20.7. The Balaban J connectivity index is 1.88. The van der Waals surface area contributed by atoms with E-state index in [0.717, 1.165) is 30.3 Å². The number of aromatic hydroxyl groups is 1. The summed E-state index contributed by atoms with van der Waals surface area (Å²) < 4.78 is 140. The zero-order valence-corrected chi connectivity index (χ0v) is 35.8. The van der Waals surface area contributed by atoms with Crippen LogP contribution >= 0.6 is 24.4 Å². The Bertz CT molecular complexity index is 2880. The summed E-state index contributed by atoms with van der Waals surface area (Å²) in [6.45, 7) is -0.0405. The van der Waals surface area contributed by atoms with Gasteiger partial charge in [0.25, 0.3) is 10.1 Å². The zero-order valence-electron chi connectivity index (χ0n) is 30.9. The summed E-state index contributed by atoms with van der Waals surface area (Å²) in [4.78, 5) is 9.81. The molecule has 0 atom stereocenters. The van der Waals surface area contributed by atoms with Crippen LogP contribution in [0.2, 0.25) is 0 Å². The molecule has 0 saturated heterocycles. The van der Waals surface area contributed by atoms with Gasteiger partial charge in [-0.15, -0.1) is 29.1 Å². The van der Waals surface area contributed by atoms with Crippen LogP contribution in [-0.4, -0.2) is 101 Å². The molecule has 0 radical (unpaired) electrons. The van der Waals surface area contributed by atoms with Gasteiger partial charge in [0.2, 0.25) is 0 Å². The Morgan fingerprint density at radius 1 is 0.790 bits per heavy atom. The summed E-state index contributed by atoms with van der Waals surface area (Å²) >= 11 is 0.365. The number of phenolic OH excluding ortho intramolecular Hbond substituents is 1. The van der Waals surface area contributed by atoms with E-state index in [1.807, 2.05) is 0 Å².